The molecule has 0 aliphatic heterocycles. The molecule has 0 radical (unpaired) electrons. The summed E-state index contributed by atoms with van der Waals surface area (Å²) >= 11 is 1.08. The topological polar surface area (TPSA) is 92.8 Å². The Hall–Kier alpha value is -2.67. The van der Waals surface area contributed by atoms with Crippen molar-refractivity contribution in [2.24, 2.45) is 0 Å². The number of hydrogen-bond donors (Lipinski definition) is 2. The van der Waals surface area contributed by atoms with Gasteiger partial charge in [0.1, 0.15) is 5.75 Å². The van der Waals surface area contributed by atoms with Crippen molar-refractivity contribution in [3.63, 3.8) is 0 Å². The van der Waals surface area contributed by atoms with Gasteiger partial charge in [-0.2, -0.15) is 0 Å². The normalized spacial score (nSPS) is 11.3. The maximum absolute atomic E-state index is 11.2. The van der Waals surface area contributed by atoms with E-state index < -0.39 is 4.92 Å². The van der Waals surface area contributed by atoms with E-state index in [1.165, 1.54) is 24.3 Å². The molecule has 2 N–H and O–H groups in total. The van der Waals surface area contributed by atoms with Crippen molar-refractivity contribution < 1.29 is 19.9 Å². The highest BCUT2D eigenvalue weighted by molar-refractivity contribution is 8.02. The highest BCUT2D eigenvalue weighted by Gasteiger charge is 2.13. The zero-order valence-electron chi connectivity index (χ0n) is 12.3. The van der Waals surface area contributed by atoms with Gasteiger partial charge in [-0.1, -0.05) is 18.2 Å². The van der Waals surface area contributed by atoms with Gasteiger partial charge in [0.15, 0.2) is 11.5 Å². The Bertz CT molecular complexity index is 728. The van der Waals surface area contributed by atoms with Crippen LogP contribution in [0.5, 0.6) is 17.2 Å². The summed E-state index contributed by atoms with van der Waals surface area (Å²) < 4.78 is 5.06. The van der Waals surface area contributed by atoms with Crippen LogP contribution in [0.25, 0.3) is 6.08 Å². The molecule has 2 aromatic carbocycles. The number of nitrogens with zero attached hydrogens (tertiary/aromatic N) is 1. The van der Waals surface area contributed by atoms with Gasteiger partial charge in [0.25, 0.3) is 0 Å². The maximum Gasteiger partial charge on any atom is 0.304 e. The fraction of sp³-hybridized carbons (Fsp3) is 0.125. The smallest absolute Gasteiger partial charge is 0.304 e. The van der Waals surface area contributed by atoms with Gasteiger partial charge in [0, 0.05) is 11.8 Å². The molecule has 0 saturated carbocycles. The first-order chi connectivity index (χ1) is 11.0. The summed E-state index contributed by atoms with van der Waals surface area (Å²) in [6.07, 6.45) is 1.35. The zero-order valence-corrected chi connectivity index (χ0v) is 13.1. The molecule has 0 spiro atoms. The lowest BCUT2D eigenvalue weighted by atomic mass is 10.2. The monoisotopic (exact) mass is 333 g/mol. The Morgan fingerprint density at radius 3 is 2.48 bits per heavy atom. The molecule has 0 aromatic heterocycles. The molecule has 2 aromatic rings. The number of nitro groups is 1. The van der Waals surface area contributed by atoms with Crippen LogP contribution in [0.1, 0.15) is 11.1 Å². The lowest BCUT2D eigenvalue weighted by Gasteiger charge is -2.03. The largest absolute Gasteiger partial charge is 0.504 e. The SMILES string of the molecule is COc1ccc(CSC(=Cc2ccc(O)c(O)c2)[N+](=O)[O-])cc1. The van der Waals surface area contributed by atoms with Gasteiger partial charge in [-0.25, -0.2) is 0 Å². The summed E-state index contributed by atoms with van der Waals surface area (Å²) in [6.45, 7) is 0. The molecule has 0 bridgehead atoms. The number of ether oxygens (including phenoxy) is 1. The number of benzene rings is 2. The molecule has 23 heavy (non-hydrogen) atoms. The Morgan fingerprint density at radius 2 is 1.91 bits per heavy atom. The van der Waals surface area contributed by atoms with E-state index in [0.29, 0.717) is 11.3 Å². The van der Waals surface area contributed by atoms with Gasteiger partial charge in [-0.05, 0) is 47.2 Å². The molecule has 120 valence electrons. The first kappa shape index (κ1) is 16.7. The molecule has 0 atom stereocenters. The number of thioether (sulfide) groups is 1. The summed E-state index contributed by atoms with van der Waals surface area (Å²) in [5.74, 6) is 0.571. The third kappa shape index (κ3) is 4.65. The first-order valence-corrected chi connectivity index (χ1v) is 7.62. The molecule has 0 saturated heterocycles. The molecule has 0 amide bonds. The van der Waals surface area contributed by atoms with Crippen molar-refractivity contribution in [3.05, 3.63) is 68.7 Å². The van der Waals surface area contributed by atoms with Crippen LogP contribution in [0.15, 0.2) is 47.5 Å². The summed E-state index contributed by atoms with van der Waals surface area (Å²) in [6, 6.07) is 11.3. The van der Waals surface area contributed by atoms with E-state index in [2.05, 4.69) is 0 Å². The quantitative estimate of drug-likeness (QED) is 0.476. The van der Waals surface area contributed by atoms with Gasteiger partial charge in [-0.3, -0.25) is 10.1 Å². The van der Waals surface area contributed by atoms with Crippen LogP contribution in [-0.4, -0.2) is 22.2 Å². The third-order valence-electron chi connectivity index (χ3n) is 3.02. The molecule has 0 heterocycles. The average Bonchev–Trinajstić information content (AvgIpc) is 2.55. The summed E-state index contributed by atoms with van der Waals surface area (Å²) in [7, 11) is 1.57. The number of rotatable bonds is 6. The fourth-order valence-electron chi connectivity index (χ4n) is 1.80. The minimum absolute atomic E-state index is 0.0501. The van der Waals surface area contributed by atoms with E-state index in [0.717, 1.165) is 23.1 Å². The second kappa shape index (κ2) is 7.55. The molecule has 7 heteroatoms. The van der Waals surface area contributed by atoms with Gasteiger partial charge in [0.2, 0.25) is 0 Å². The molecule has 0 aliphatic rings. The van der Waals surface area contributed by atoms with Crippen molar-refractivity contribution in [1.29, 1.82) is 0 Å². The van der Waals surface area contributed by atoms with E-state index in [1.54, 1.807) is 19.2 Å². The summed E-state index contributed by atoms with van der Waals surface area (Å²) in [4.78, 5) is 10.7. The van der Waals surface area contributed by atoms with Crippen LogP contribution >= 0.6 is 11.8 Å². The van der Waals surface area contributed by atoms with E-state index in [4.69, 9.17) is 4.74 Å². The van der Waals surface area contributed by atoms with Crippen LogP contribution in [0.3, 0.4) is 0 Å². The van der Waals surface area contributed by atoms with Crippen LogP contribution in [0, 0.1) is 10.1 Å². The lowest BCUT2D eigenvalue weighted by molar-refractivity contribution is -0.408. The van der Waals surface area contributed by atoms with E-state index in [1.807, 2.05) is 12.1 Å². The molecule has 0 fully saturated rings. The molecule has 0 aliphatic carbocycles. The highest BCUT2D eigenvalue weighted by atomic mass is 32.2. The van der Waals surface area contributed by atoms with Gasteiger partial charge in [0.05, 0.1) is 12.0 Å². The zero-order chi connectivity index (χ0) is 16.8. The Morgan fingerprint density at radius 1 is 1.22 bits per heavy atom. The van der Waals surface area contributed by atoms with E-state index in [9.17, 15) is 20.3 Å². The number of aromatic hydroxyl groups is 2. The number of hydrogen-bond acceptors (Lipinski definition) is 6. The molecule has 0 unspecified atom stereocenters. The van der Waals surface area contributed by atoms with Crippen molar-refractivity contribution in [2.45, 2.75) is 5.75 Å². The van der Waals surface area contributed by atoms with Gasteiger partial charge in [-0.15, -0.1) is 0 Å². The molecule has 2 rings (SSSR count). The van der Waals surface area contributed by atoms with E-state index in [-0.39, 0.29) is 16.5 Å². The first-order valence-electron chi connectivity index (χ1n) is 6.63. The van der Waals surface area contributed by atoms with Crippen LogP contribution in [-0.2, 0) is 5.75 Å². The molecular weight excluding hydrogens is 318 g/mol. The number of phenolic OH excluding ortho intramolecular Hbond substituents is 2. The third-order valence-corrected chi connectivity index (χ3v) is 4.06. The maximum atomic E-state index is 11.2. The van der Waals surface area contributed by atoms with E-state index >= 15 is 0 Å². The Kier molecular flexibility index (Phi) is 5.48. The van der Waals surface area contributed by atoms with Crippen molar-refractivity contribution in [3.8, 4) is 17.2 Å². The van der Waals surface area contributed by atoms with Crippen molar-refractivity contribution in [1.82, 2.24) is 0 Å². The minimum atomic E-state index is -0.474. The predicted molar refractivity (Wildman–Crippen MR) is 89.0 cm³/mol. The fourth-order valence-corrected chi connectivity index (χ4v) is 2.63. The Labute approximate surface area is 137 Å². The van der Waals surface area contributed by atoms with Crippen LogP contribution < -0.4 is 4.74 Å². The van der Waals surface area contributed by atoms with Crippen LogP contribution in [0.2, 0.25) is 0 Å². The summed E-state index contributed by atoms with van der Waals surface area (Å²) in [5, 5.41) is 29.8. The average molecular weight is 333 g/mol. The lowest BCUT2D eigenvalue weighted by Crippen LogP contribution is -1.95. The minimum Gasteiger partial charge on any atom is -0.504 e. The van der Waals surface area contributed by atoms with Crippen molar-refractivity contribution >= 4 is 17.8 Å². The van der Waals surface area contributed by atoms with Crippen LogP contribution in [0.4, 0.5) is 0 Å². The number of phenols is 2. The van der Waals surface area contributed by atoms with Gasteiger partial charge >= 0.3 is 5.03 Å². The standard InChI is InChI=1S/C16H15NO5S/c1-22-13-5-2-11(3-6-13)10-23-16(17(20)21)9-12-4-7-14(18)15(19)8-12/h2-9,18-19H,10H2,1H3. The van der Waals surface area contributed by atoms with Gasteiger partial charge < -0.3 is 14.9 Å². The second-order valence-corrected chi connectivity index (χ2v) is 5.62. The molecular formula is C16H15NO5S. The van der Waals surface area contributed by atoms with Crippen molar-refractivity contribution in [2.75, 3.05) is 7.11 Å². The predicted octanol–water partition coefficient (Wildman–Crippen LogP) is 3.61. The Balaban J connectivity index is 2.12. The second-order valence-electron chi connectivity index (χ2n) is 4.62. The summed E-state index contributed by atoms with van der Waals surface area (Å²) in [5.41, 5.74) is 1.37. The highest BCUT2D eigenvalue weighted by Crippen LogP contribution is 2.29. The molecule has 6 nitrogen and oxygen atoms in total. The number of methoxy groups -OCH3 is 1.